The molecule has 0 bridgehead atoms. The van der Waals surface area contributed by atoms with E-state index in [1.807, 2.05) is 0 Å². The van der Waals surface area contributed by atoms with Crippen LogP contribution in [0.3, 0.4) is 0 Å². The van der Waals surface area contributed by atoms with Crippen molar-refractivity contribution in [1.29, 1.82) is 0 Å². The van der Waals surface area contributed by atoms with Crippen LogP contribution in [0.1, 0.15) is 16.1 Å². The molecule has 162 valence electrons. The van der Waals surface area contributed by atoms with Gasteiger partial charge in [-0.3, -0.25) is 14.9 Å². The van der Waals surface area contributed by atoms with Crippen LogP contribution in [0.2, 0.25) is 10.0 Å². The Morgan fingerprint density at radius 3 is 2.61 bits per heavy atom. The van der Waals surface area contributed by atoms with E-state index >= 15 is 0 Å². The number of aliphatic hydroxyl groups is 1. The van der Waals surface area contributed by atoms with Gasteiger partial charge < -0.3 is 20.2 Å². The lowest BCUT2D eigenvalue weighted by Crippen LogP contribution is -2.43. The Morgan fingerprint density at radius 2 is 1.87 bits per heavy atom. The summed E-state index contributed by atoms with van der Waals surface area (Å²) in [6.07, 6.45) is 0. The number of aliphatic hydroxyl groups excluding tert-OH is 1. The van der Waals surface area contributed by atoms with Gasteiger partial charge in [0.25, 0.3) is 5.91 Å². The first-order valence-electron chi connectivity index (χ1n) is 9.43. The zero-order valence-corrected chi connectivity index (χ0v) is 18.1. The molecule has 3 rings (SSSR count). The van der Waals surface area contributed by atoms with E-state index in [4.69, 9.17) is 27.6 Å². The molecule has 0 aliphatic heterocycles. The topological polar surface area (TPSA) is 104 Å². The van der Waals surface area contributed by atoms with E-state index in [1.165, 1.54) is 7.05 Å². The summed E-state index contributed by atoms with van der Waals surface area (Å²) in [5.41, 5.74) is 1.33. The number of anilines is 1. The summed E-state index contributed by atoms with van der Waals surface area (Å²) in [5, 5.41) is 18.8. The van der Waals surface area contributed by atoms with Crippen LogP contribution in [0.5, 0.6) is 0 Å². The number of furan rings is 1. The largest absolute Gasteiger partial charge is 0.460 e. The number of rotatable bonds is 8. The number of amides is 2. The molecule has 2 amide bonds. The highest BCUT2D eigenvalue weighted by atomic mass is 35.5. The summed E-state index contributed by atoms with van der Waals surface area (Å²) in [5.74, 6) is 0.271. The van der Waals surface area contributed by atoms with E-state index in [0.717, 1.165) is 0 Å². The van der Waals surface area contributed by atoms with Gasteiger partial charge in [-0.05, 0) is 42.5 Å². The summed E-state index contributed by atoms with van der Waals surface area (Å²) >= 11 is 12.2. The van der Waals surface area contributed by atoms with Gasteiger partial charge >= 0.3 is 0 Å². The quantitative estimate of drug-likeness (QED) is 0.409. The Kier molecular flexibility index (Phi) is 7.70. The van der Waals surface area contributed by atoms with E-state index in [-0.39, 0.29) is 12.5 Å². The molecule has 0 radical (unpaired) electrons. The van der Waals surface area contributed by atoms with E-state index < -0.39 is 18.6 Å². The molecule has 1 heterocycles. The SMILES string of the molecule is CNC(=O)c1ccccc1NC(=O)[C@H](CO)NCc1ccc(-c2cc(Cl)ccc2Cl)o1. The van der Waals surface area contributed by atoms with Gasteiger partial charge in [-0.15, -0.1) is 0 Å². The Bertz CT molecular complexity index is 1080. The molecule has 0 aliphatic carbocycles. The predicted octanol–water partition coefficient (Wildman–Crippen LogP) is 3.70. The molecule has 3 aromatic rings. The number of para-hydroxylation sites is 1. The summed E-state index contributed by atoms with van der Waals surface area (Å²) in [6, 6.07) is 14.3. The number of carbonyl (C=O) groups excluding carboxylic acids is 2. The standard InChI is InChI=1S/C22H21Cl2N3O4/c1-25-21(29)15-4-2-3-5-18(15)27-22(30)19(12-28)26-11-14-7-9-20(31-14)16-10-13(23)6-8-17(16)24/h2-10,19,26,28H,11-12H2,1H3,(H,25,29)(H,27,30)/t19-/m0/s1. The van der Waals surface area contributed by atoms with Crippen molar-refractivity contribution in [1.82, 2.24) is 10.6 Å². The summed E-state index contributed by atoms with van der Waals surface area (Å²) in [4.78, 5) is 24.6. The summed E-state index contributed by atoms with van der Waals surface area (Å²) < 4.78 is 5.79. The Hall–Kier alpha value is -2.84. The summed E-state index contributed by atoms with van der Waals surface area (Å²) in [6.45, 7) is -0.254. The van der Waals surface area contributed by atoms with Crippen molar-refractivity contribution in [3.63, 3.8) is 0 Å². The van der Waals surface area contributed by atoms with Crippen molar-refractivity contribution in [3.8, 4) is 11.3 Å². The highest BCUT2D eigenvalue weighted by Gasteiger charge is 2.20. The van der Waals surface area contributed by atoms with Crippen LogP contribution in [0.15, 0.2) is 59.0 Å². The van der Waals surface area contributed by atoms with Crippen LogP contribution in [0.25, 0.3) is 11.3 Å². The number of benzene rings is 2. The molecule has 1 atom stereocenters. The molecule has 4 N–H and O–H groups in total. The first-order chi connectivity index (χ1) is 14.9. The van der Waals surface area contributed by atoms with Crippen LogP contribution in [0.4, 0.5) is 5.69 Å². The van der Waals surface area contributed by atoms with E-state index in [0.29, 0.717) is 38.4 Å². The van der Waals surface area contributed by atoms with Crippen LogP contribution in [-0.4, -0.2) is 36.6 Å². The van der Waals surface area contributed by atoms with E-state index in [1.54, 1.807) is 54.6 Å². The van der Waals surface area contributed by atoms with E-state index in [2.05, 4.69) is 16.0 Å². The number of halogens is 2. The van der Waals surface area contributed by atoms with E-state index in [9.17, 15) is 14.7 Å². The molecule has 0 unspecified atom stereocenters. The number of hydrogen-bond acceptors (Lipinski definition) is 5. The van der Waals surface area contributed by atoms with Gasteiger partial charge in [0.05, 0.1) is 29.4 Å². The monoisotopic (exact) mass is 461 g/mol. The maximum Gasteiger partial charge on any atom is 0.253 e. The van der Waals surface area contributed by atoms with Crippen molar-refractivity contribution >= 4 is 40.7 Å². The molecule has 7 nitrogen and oxygen atoms in total. The smallest absolute Gasteiger partial charge is 0.253 e. The molecule has 1 aromatic heterocycles. The van der Waals surface area contributed by atoms with Gasteiger partial charge in [-0.1, -0.05) is 35.3 Å². The molecule has 0 saturated heterocycles. The lowest BCUT2D eigenvalue weighted by atomic mass is 10.1. The molecule has 31 heavy (non-hydrogen) atoms. The molecule has 2 aromatic carbocycles. The highest BCUT2D eigenvalue weighted by molar-refractivity contribution is 6.35. The van der Waals surface area contributed by atoms with Gasteiger partial charge in [-0.25, -0.2) is 0 Å². The lowest BCUT2D eigenvalue weighted by Gasteiger charge is -2.17. The lowest BCUT2D eigenvalue weighted by molar-refractivity contribution is -0.119. The van der Waals surface area contributed by atoms with Crippen molar-refractivity contribution < 1.29 is 19.1 Å². The van der Waals surface area contributed by atoms with Gasteiger partial charge in [0.15, 0.2) is 0 Å². The Balaban J connectivity index is 1.66. The second-order valence-electron chi connectivity index (χ2n) is 6.62. The Morgan fingerprint density at radius 1 is 1.10 bits per heavy atom. The van der Waals surface area contributed by atoms with Crippen LogP contribution in [-0.2, 0) is 11.3 Å². The molecule has 0 saturated carbocycles. The third kappa shape index (κ3) is 5.65. The number of nitrogens with one attached hydrogen (secondary N) is 3. The van der Waals surface area contributed by atoms with Crippen LogP contribution in [0, 0.1) is 0 Å². The third-order valence-corrected chi connectivity index (χ3v) is 5.10. The van der Waals surface area contributed by atoms with Crippen molar-refractivity contribution in [3.05, 3.63) is 76.0 Å². The molecule has 0 spiro atoms. The van der Waals surface area contributed by atoms with Gasteiger partial charge in [0, 0.05) is 17.6 Å². The predicted molar refractivity (Wildman–Crippen MR) is 120 cm³/mol. The minimum atomic E-state index is -0.916. The van der Waals surface area contributed by atoms with Crippen molar-refractivity contribution in [2.45, 2.75) is 12.6 Å². The first-order valence-corrected chi connectivity index (χ1v) is 10.2. The molecular formula is C22H21Cl2N3O4. The zero-order chi connectivity index (χ0) is 22.4. The third-order valence-electron chi connectivity index (χ3n) is 4.53. The normalized spacial score (nSPS) is 11.7. The average Bonchev–Trinajstić information content (AvgIpc) is 3.24. The molecule has 9 heteroatoms. The maximum atomic E-state index is 12.6. The number of hydrogen-bond donors (Lipinski definition) is 4. The first kappa shape index (κ1) is 22.8. The van der Waals surface area contributed by atoms with Gasteiger partial charge in [0.2, 0.25) is 5.91 Å². The van der Waals surface area contributed by atoms with Crippen molar-refractivity contribution in [2.75, 3.05) is 19.0 Å². The summed E-state index contributed by atoms with van der Waals surface area (Å²) in [7, 11) is 1.51. The average molecular weight is 462 g/mol. The van der Waals surface area contributed by atoms with Gasteiger partial charge in [-0.2, -0.15) is 0 Å². The van der Waals surface area contributed by atoms with Crippen molar-refractivity contribution in [2.24, 2.45) is 0 Å². The fourth-order valence-electron chi connectivity index (χ4n) is 2.91. The highest BCUT2D eigenvalue weighted by Crippen LogP contribution is 2.31. The number of carbonyl (C=O) groups is 2. The van der Waals surface area contributed by atoms with Crippen LogP contribution < -0.4 is 16.0 Å². The second-order valence-corrected chi connectivity index (χ2v) is 7.46. The fraction of sp³-hybridized carbons (Fsp3) is 0.182. The molecule has 0 aliphatic rings. The Labute approximate surface area is 189 Å². The second kappa shape index (κ2) is 10.5. The zero-order valence-electron chi connectivity index (χ0n) is 16.6. The minimum absolute atomic E-state index is 0.188. The van der Waals surface area contributed by atoms with Crippen LogP contribution >= 0.6 is 23.2 Å². The fourth-order valence-corrected chi connectivity index (χ4v) is 3.30. The van der Waals surface area contributed by atoms with Gasteiger partial charge in [0.1, 0.15) is 17.6 Å². The minimum Gasteiger partial charge on any atom is -0.460 e. The molecule has 0 fully saturated rings. The maximum absolute atomic E-state index is 12.6. The molecular weight excluding hydrogens is 441 g/mol.